The quantitative estimate of drug-likeness (QED) is 0.891. The van der Waals surface area contributed by atoms with Gasteiger partial charge in [0.25, 0.3) is 5.79 Å². The third-order valence-corrected chi connectivity index (χ3v) is 4.25. The number of nitrogens with two attached hydrogens (primary N) is 1. The molecule has 1 atom stereocenters. The van der Waals surface area contributed by atoms with Crippen LogP contribution in [0.5, 0.6) is 11.5 Å². The average molecular weight is 328 g/mol. The number of hydrogen-bond acceptors (Lipinski definition) is 4. The summed E-state index contributed by atoms with van der Waals surface area (Å²) in [6.07, 6.45) is 2.75. The second-order valence-corrected chi connectivity index (χ2v) is 5.85. The lowest BCUT2D eigenvalue weighted by Crippen LogP contribution is -2.45. The standard InChI is InChI=1S/C13H14BrNO4/c14-8-5-11-10(18-13(19-11)2-1-3-13)4-7(8)9(15)6-12(16)17/h4-5,9H,1-3,6,15H2,(H,16,17). The van der Waals surface area contributed by atoms with Crippen LogP contribution in [-0.2, 0) is 4.79 Å². The summed E-state index contributed by atoms with van der Waals surface area (Å²) in [5.74, 6) is -0.0683. The summed E-state index contributed by atoms with van der Waals surface area (Å²) in [7, 11) is 0. The van der Waals surface area contributed by atoms with Crippen molar-refractivity contribution < 1.29 is 19.4 Å². The number of hydrogen-bond donors (Lipinski definition) is 2. The van der Waals surface area contributed by atoms with E-state index in [1.165, 1.54) is 0 Å². The summed E-state index contributed by atoms with van der Waals surface area (Å²) >= 11 is 3.41. The Kier molecular flexibility index (Phi) is 2.94. The van der Waals surface area contributed by atoms with Gasteiger partial charge in [0, 0.05) is 23.4 Å². The van der Waals surface area contributed by atoms with Crippen LogP contribution in [0.4, 0.5) is 0 Å². The topological polar surface area (TPSA) is 81.8 Å². The summed E-state index contributed by atoms with van der Waals surface area (Å²) < 4.78 is 12.4. The molecule has 1 aromatic rings. The molecule has 1 aliphatic carbocycles. The minimum Gasteiger partial charge on any atom is -0.481 e. The first-order valence-corrected chi connectivity index (χ1v) is 6.97. The van der Waals surface area contributed by atoms with E-state index >= 15 is 0 Å². The van der Waals surface area contributed by atoms with Crippen molar-refractivity contribution >= 4 is 21.9 Å². The van der Waals surface area contributed by atoms with E-state index in [0.717, 1.165) is 29.3 Å². The average Bonchev–Trinajstić information content (AvgIpc) is 2.65. The molecule has 1 heterocycles. The molecule has 0 saturated heterocycles. The Morgan fingerprint density at radius 3 is 2.58 bits per heavy atom. The maximum Gasteiger partial charge on any atom is 0.305 e. The van der Waals surface area contributed by atoms with E-state index in [0.29, 0.717) is 11.5 Å². The normalized spacial score (nSPS) is 20.1. The van der Waals surface area contributed by atoms with Crippen LogP contribution >= 0.6 is 15.9 Å². The van der Waals surface area contributed by atoms with Gasteiger partial charge >= 0.3 is 5.97 Å². The van der Waals surface area contributed by atoms with Gasteiger partial charge in [-0.25, -0.2) is 0 Å². The zero-order valence-electron chi connectivity index (χ0n) is 10.2. The fraction of sp³-hybridized carbons (Fsp3) is 0.462. The zero-order valence-corrected chi connectivity index (χ0v) is 11.8. The smallest absolute Gasteiger partial charge is 0.305 e. The van der Waals surface area contributed by atoms with E-state index in [-0.39, 0.29) is 6.42 Å². The predicted molar refractivity (Wildman–Crippen MR) is 71.2 cm³/mol. The van der Waals surface area contributed by atoms with Gasteiger partial charge in [-0.3, -0.25) is 4.79 Å². The Morgan fingerprint density at radius 1 is 1.42 bits per heavy atom. The molecule has 3 rings (SSSR count). The second-order valence-electron chi connectivity index (χ2n) is 4.99. The van der Waals surface area contributed by atoms with E-state index in [4.69, 9.17) is 20.3 Å². The van der Waals surface area contributed by atoms with E-state index in [9.17, 15) is 4.79 Å². The van der Waals surface area contributed by atoms with Crippen LogP contribution in [0.2, 0.25) is 0 Å². The van der Waals surface area contributed by atoms with Crippen LogP contribution in [-0.4, -0.2) is 16.9 Å². The minimum atomic E-state index is -0.924. The summed E-state index contributed by atoms with van der Waals surface area (Å²) in [5.41, 5.74) is 6.62. The van der Waals surface area contributed by atoms with Crippen LogP contribution in [0, 0.1) is 0 Å². The summed E-state index contributed by atoms with van der Waals surface area (Å²) in [6.45, 7) is 0. The van der Waals surface area contributed by atoms with Crippen LogP contribution in [0.25, 0.3) is 0 Å². The number of carboxylic acid groups (broad SMARTS) is 1. The fourth-order valence-corrected chi connectivity index (χ4v) is 3.00. The SMILES string of the molecule is NC(CC(=O)O)c1cc2c(cc1Br)OC1(CCC1)O2. The van der Waals surface area contributed by atoms with Gasteiger partial charge in [0.1, 0.15) is 0 Å². The molecule has 2 aliphatic rings. The lowest BCUT2D eigenvalue weighted by molar-refractivity contribution is -0.139. The van der Waals surface area contributed by atoms with Crippen molar-refractivity contribution in [1.29, 1.82) is 0 Å². The highest BCUT2D eigenvalue weighted by Gasteiger charge is 2.47. The van der Waals surface area contributed by atoms with E-state index in [1.54, 1.807) is 12.1 Å². The van der Waals surface area contributed by atoms with Gasteiger partial charge < -0.3 is 20.3 Å². The van der Waals surface area contributed by atoms with Crippen molar-refractivity contribution in [1.82, 2.24) is 0 Å². The molecule has 5 nitrogen and oxygen atoms in total. The highest BCUT2D eigenvalue weighted by Crippen LogP contribution is 2.50. The molecule has 1 saturated carbocycles. The Morgan fingerprint density at radius 2 is 2.05 bits per heavy atom. The minimum absolute atomic E-state index is 0.122. The third kappa shape index (κ3) is 2.19. The molecule has 3 N–H and O–H groups in total. The van der Waals surface area contributed by atoms with E-state index in [2.05, 4.69) is 15.9 Å². The lowest BCUT2D eigenvalue weighted by Gasteiger charge is -2.35. The number of carboxylic acids is 1. The van der Waals surface area contributed by atoms with Crippen molar-refractivity contribution in [3.8, 4) is 11.5 Å². The molecule has 1 aliphatic heterocycles. The molecule has 0 amide bonds. The van der Waals surface area contributed by atoms with Crippen LogP contribution in [0.1, 0.15) is 37.3 Å². The van der Waals surface area contributed by atoms with E-state index < -0.39 is 17.8 Å². The summed E-state index contributed by atoms with van der Waals surface area (Å²) in [5, 5.41) is 8.81. The number of aliphatic carboxylic acids is 1. The van der Waals surface area contributed by atoms with Gasteiger partial charge in [0.05, 0.1) is 6.42 Å². The highest BCUT2D eigenvalue weighted by molar-refractivity contribution is 9.10. The molecule has 19 heavy (non-hydrogen) atoms. The Balaban J connectivity index is 1.88. The Hall–Kier alpha value is -1.27. The molecule has 0 radical (unpaired) electrons. The molecule has 1 unspecified atom stereocenters. The van der Waals surface area contributed by atoms with Crippen LogP contribution in [0.3, 0.4) is 0 Å². The first kappa shape index (κ1) is 12.7. The van der Waals surface area contributed by atoms with Gasteiger partial charge in [-0.2, -0.15) is 0 Å². The van der Waals surface area contributed by atoms with Crippen LogP contribution < -0.4 is 15.2 Å². The molecule has 1 spiro atoms. The Labute approximate surface area is 118 Å². The molecule has 1 aromatic carbocycles. The first-order chi connectivity index (χ1) is 8.99. The molecule has 102 valence electrons. The first-order valence-electron chi connectivity index (χ1n) is 6.18. The number of benzene rings is 1. The third-order valence-electron chi connectivity index (χ3n) is 3.56. The van der Waals surface area contributed by atoms with Gasteiger partial charge in [0.15, 0.2) is 11.5 Å². The van der Waals surface area contributed by atoms with Crippen molar-refractivity contribution in [2.75, 3.05) is 0 Å². The number of fused-ring (bicyclic) bond motifs is 1. The molecule has 1 fully saturated rings. The monoisotopic (exact) mass is 327 g/mol. The number of carbonyl (C=O) groups is 1. The van der Waals surface area contributed by atoms with Crippen LogP contribution in [0.15, 0.2) is 16.6 Å². The van der Waals surface area contributed by atoms with Crippen molar-refractivity contribution in [2.24, 2.45) is 5.73 Å². The number of halogens is 1. The van der Waals surface area contributed by atoms with Crippen molar-refractivity contribution in [3.63, 3.8) is 0 Å². The maximum absolute atomic E-state index is 10.7. The summed E-state index contributed by atoms with van der Waals surface area (Å²) in [6, 6.07) is 3.01. The van der Waals surface area contributed by atoms with Crippen molar-refractivity contribution in [3.05, 3.63) is 22.2 Å². The predicted octanol–water partition coefficient (Wildman–Crippen LogP) is 2.58. The molecule has 6 heteroatoms. The van der Waals surface area contributed by atoms with Crippen molar-refractivity contribution in [2.45, 2.75) is 37.5 Å². The molecule has 0 bridgehead atoms. The summed E-state index contributed by atoms with van der Waals surface area (Å²) in [4.78, 5) is 10.7. The largest absolute Gasteiger partial charge is 0.481 e. The maximum atomic E-state index is 10.7. The van der Waals surface area contributed by atoms with Gasteiger partial charge in [-0.15, -0.1) is 0 Å². The van der Waals surface area contributed by atoms with E-state index in [1.807, 2.05) is 0 Å². The molecular weight excluding hydrogens is 314 g/mol. The Bertz CT molecular complexity index is 542. The number of ether oxygens (including phenoxy) is 2. The van der Waals surface area contributed by atoms with Gasteiger partial charge in [-0.1, -0.05) is 15.9 Å². The molecule has 0 aromatic heterocycles. The lowest BCUT2D eigenvalue weighted by atomic mass is 9.91. The highest BCUT2D eigenvalue weighted by atomic mass is 79.9. The molecular formula is C13H14BrNO4. The van der Waals surface area contributed by atoms with Gasteiger partial charge in [0.2, 0.25) is 0 Å². The second kappa shape index (κ2) is 4.38. The number of rotatable bonds is 3. The zero-order chi connectivity index (χ0) is 13.6. The van der Waals surface area contributed by atoms with Gasteiger partial charge in [-0.05, 0) is 24.1 Å². The fourth-order valence-electron chi connectivity index (χ4n) is 2.38.